The Morgan fingerprint density at radius 3 is 3.00 bits per heavy atom. The number of aromatic amines is 1. The predicted octanol–water partition coefficient (Wildman–Crippen LogP) is 1.10. The molecule has 0 aliphatic heterocycles. The van der Waals surface area contributed by atoms with Gasteiger partial charge in [-0.1, -0.05) is 6.92 Å². The Balaban J connectivity index is 1.90. The lowest BCUT2D eigenvalue weighted by atomic mass is 10.3. The van der Waals surface area contributed by atoms with E-state index in [0.29, 0.717) is 23.7 Å². The highest BCUT2D eigenvalue weighted by Gasteiger charge is 2.16. The molecule has 0 bridgehead atoms. The molecule has 0 aliphatic carbocycles. The molecule has 0 radical (unpaired) electrons. The molecule has 110 valence electrons. The van der Waals surface area contributed by atoms with E-state index in [1.165, 1.54) is 11.3 Å². The Morgan fingerprint density at radius 1 is 1.45 bits per heavy atom. The van der Waals surface area contributed by atoms with Crippen LogP contribution in [0.3, 0.4) is 0 Å². The molecule has 2 aromatic rings. The lowest BCUT2D eigenvalue weighted by Crippen LogP contribution is -2.25. The topological polar surface area (TPSA) is 86.9 Å². The van der Waals surface area contributed by atoms with Crippen LogP contribution in [-0.2, 0) is 23.0 Å². The fourth-order valence-corrected chi connectivity index (χ4v) is 3.95. The van der Waals surface area contributed by atoms with Gasteiger partial charge in [-0.05, 0) is 23.6 Å². The number of H-pyrrole nitrogens is 1. The molecule has 2 heterocycles. The lowest BCUT2D eigenvalue weighted by Gasteiger charge is -2.03. The van der Waals surface area contributed by atoms with Gasteiger partial charge in [0.05, 0.1) is 6.33 Å². The van der Waals surface area contributed by atoms with Crippen LogP contribution in [0, 0.1) is 0 Å². The van der Waals surface area contributed by atoms with E-state index in [1.54, 1.807) is 18.6 Å². The number of rotatable bonds is 8. The molecule has 20 heavy (non-hydrogen) atoms. The summed E-state index contributed by atoms with van der Waals surface area (Å²) in [4.78, 5) is 6.83. The summed E-state index contributed by atoms with van der Waals surface area (Å²) < 4.78 is 27.2. The van der Waals surface area contributed by atoms with Crippen LogP contribution in [-0.4, -0.2) is 31.5 Å². The van der Waals surface area contributed by atoms with Crippen molar-refractivity contribution >= 4 is 21.4 Å². The number of nitrogens with one attached hydrogen (secondary N) is 3. The molecule has 2 rings (SSSR count). The first-order chi connectivity index (χ1) is 9.62. The third-order valence-electron chi connectivity index (χ3n) is 2.71. The second-order valence-electron chi connectivity index (χ2n) is 4.28. The fraction of sp³-hybridized carbons (Fsp3) is 0.417. The highest BCUT2D eigenvalue weighted by atomic mass is 32.2. The summed E-state index contributed by atoms with van der Waals surface area (Å²) in [7, 11) is -3.41. The maximum absolute atomic E-state index is 12.1. The molecule has 6 nitrogen and oxygen atoms in total. The second-order valence-corrected chi connectivity index (χ2v) is 7.18. The number of aromatic nitrogens is 2. The Morgan fingerprint density at radius 2 is 2.30 bits per heavy atom. The number of imidazole rings is 1. The molecule has 2 aromatic heterocycles. The molecule has 0 aliphatic rings. The van der Waals surface area contributed by atoms with Gasteiger partial charge in [-0.2, -0.15) is 0 Å². The number of nitrogens with zero attached hydrogens (tertiary/aromatic N) is 1. The van der Waals surface area contributed by atoms with Gasteiger partial charge in [0.15, 0.2) is 0 Å². The molecular formula is C12H18N4O2S2. The van der Waals surface area contributed by atoms with Gasteiger partial charge < -0.3 is 10.3 Å². The Hall–Kier alpha value is -1.22. The molecule has 0 saturated carbocycles. The van der Waals surface area contributed by atoms with Crippen molar-refractivity contribution in [1.82, 2.24) is 20.0 Å². The van der Waals surface area contributed by atoms with E-state index in [0.717, 1.165) is 17.8 Å². The maximum atomic E-state index is 12.1. The molecule has 0 atom stereocenters. The van der Waals surface area contributed by atoms with E-state index in [9.17, 15) is 8.42 Å². The number of sulfonamides is 1. The largest absolute Gasteiger partial charge is 0.348 e. The Kier molecular flexibility index (Phi) is 5.30. The van der Waals surface area contributed by atoms with Crippen LogP contribution in [0.1, 0.15) is 18.2 Å². The monoisotopic (exact) mass is 314 g/mol. The van der Waals surface area contributed by atoms with Crippen molar-refractivity contribution in [3.05, 3.63) is 35.2 Å². The standard InChI is InChI=1S/C12H18N4O2S2/c1-2-13-6-10-5-12(19-8-10)20(17,18)16-4-3-11-7-14-9-15-11/h5,7-9,13,16H,2-4,6H2,1H3,(H,14,15). The molecular weight excluding hydrogens is 296 g/mol. The number of hydrogen-bond donors (Lipinski definition) is 3. The van der Waals surface area contributed by atoms with Gasteiger partial charge in [0, 0.05) is 31.4 Å². The third-order valence-corrected chi connectivity index (χ3v) is 5.66. The van der Waals surface area contributed by atoms with Gasteiger partial charge in [-0.3, -0.25) is 0 Å². The summed E-state index contributed by atoms with van der Waals surface area (Å²) in [6.45, 7) is 3.92. The highest BCUT2D eigenvalue weighted by Crippen LogP contribution is 2.19. The minimum atomic E-state index is -3.41. The SMILES string of the molecule is CCNCc1csc(S(=O)(=O)NCCc2cnc[nH]2)c1. The summed E-state index contributed by atoms with van der Waals surface area (Å²) in [5.41, 5.74) is 1.90. The highest BCUT2D eigenvalue weighted by molar-refractivity contribution is 7.91. The molecule has 0 spiro atoms. The van der Waals surface area contributed by atoms with Crippen LogP contribution >= 0.6 is 11.3 Å². The van der Waals surface area contributed by atoms with Gasteiger partial charge in [0.1, 0.15) is 4.21 Å². The number of hydrogen-bond acceptors (Lipinski definition) is 5. The molecule has 3 N–H and O–H groups in total. The van der Waals surface area contributed by atoms with Crippen LogP contribution < -0.4 is 10.0 Å². The molecule has 0 saturated heterocycles. The van der Waals surface area contributed by atoms with Crippen LogP contribution in [0.5, 0.6) is 0 Å². The van der Waals surface area contributed by atoms with E-state index >= 15 is 0 Å². The van der Waals surface area contributed by atoms with Crippen LogP contribution in [0.4, 0.5) is 0 Å². The van der Waals surface area contributed by atoms with Gasteiger partial charge >= 0.3 is 0 Å². The van der Waals surface area contributed by atoms with Crippen molar-refractivity contribution in [2.75, 3.05) is 13.1 Å². The van der Waals surface area contributed by atoms with E-state index in [4.69, 9.17) is 0 Å². The Bertz CT molecular complexity index is 620. The zero-order valence-corrected chi connectivity index (χ0v) is 12.9. The van der Waals surface area contributed by atoms with Gasteiger partial charge in [0.2, 0.25) is 10.0 Å². The predicted molar refractivity (Wildman–Crippen MR) is 79.2 cm³/mol. The quantitative estimate of drug-likeness (QED) is 0.681. The van der Waals surface area contributed by atoms with Crippen molar-refractivity contribution < 1.29 is 8.42 Å². The zero-order valence-electron chi connectivity index (χ0n) is 11.2. The molecule has 0 fully saturated rings. The third kappa shape index (κ3) is 4.14. The first kappa shape index (κ1) is 15.2. The van der Waals surface area contributed by atoms with Gasteiger partial charge in [-0.15, -0.1) is 11.3 Å². The lowest BCUT2D eigenvalue weighted by molar-refractivity contribution is 0.583. The van der Waals surface area contributed by atoms with Gasteiger partial charge in [-0.25, -0.2) is 18.1 Å². The summed E-state index contributed by atoms with van der Waals surface area (Å²) in [6.07, 6.45) is 3.86. The van der Waals surface area contributed by atoms with Crippen LogP contribution in [0.2, 0.25) is 0 Å². The normalized spacial score (nSPS) is 11.8. The van der Waals surface area contributed by atoms with Crippen molar-refractivity contribution in [3.63, 3.8) is 0 Å². The molecule has 8 heteroatoms. The van der Waals surface area contributed by atoms with Crippen molar-refractivity contribution in [2.24, 2.45) is 0 Å². The van der Waals surface area contributed by atoms with Crippen LogP contribution in [0.25, 0.3) is 0 Å². The minimum Gasteiger partial charge on any atom is -0.348 e. The van der Waals surface area contributed by atoms with E-state index in [1.807, 2.05) is 12.3 Å². The van der Waals surface area contributed by atoms with Crippen molar-refractivity contribution in [1.29, 1.82) is 0 Å². The van der Waals surface area contributed by atoms with E-state index < -0.39 is 10.0 Å². The fourth-order valence-electron chi connectivity index (χ4n) is 1.67. The Labute approximate surface area is 122 Å². The summed E-state index contributed by atoms with van der Waals surface area (Å²) in [5.74, 6) is 0. The first-order valence-electron chi connectivity index (χ1n) is 6.37. The summed E-state index contributed by atoms with van der Waals surface area (Å²) >= 11 is 1.24. The molecule has 0 unspecified atom stereocenters. The second kappa shape index (κ2) is 6.98. The molecule has 0 aromatic carbocycles. The zero-order chi connectivity index (χ0) is 14.4. The van der Waals surface area contributed by atoms with Crippen molar-refractivity contribution in [3.8, 4) is 0 Å². The van der Waals surface area contributed by atoms with E-state index in [-0.39, 0.29) is 0 Å². The average Bonchev–Trinajstić information content (AvgIpc) is 3.07. The first-order valence-corrected chi connectivity index (χ1v) is 8.73. The maximum Gasteiger partial charge on any atom is 0.250 e. The van der Waals surface area contributed by atoms with E-state index in [2.05, 4.69) is 20.0 Å². The van der Waals surface area contributed by atoms with Crippen LogP contribution in [0.15, 0.2) is 28.2 Å². The van der Waals surface area contributed by atoms with Gasteiger partial charge in [0.25, 0.3) is 0 Å². The number of thiophene rings is 1. The average molecular weight is 314 g/mol. The smallest absolute Gasteiger partial charge is 0.250 e. The van der Waals surface area contributed by atoms with Crippen molar-refractivity contribution in [2.45, 2.75) is 24.1 Å². The molecule has 0 amide bonds. The summed E-state index contributed by atoms with van der Waals surface area (Å²) in [6, 6.07) is 1.71. The summed E-state index contributed by atoms with van der Waals surface area (Å²) in [5, 5.41) is 5.04. The minimum absolute atomic E-state index is 0.352.